The lowest BCUT2D eigenvalue weighted by molar-refractivity contribution is 0.101. The Kier molecular flexibility index (Phi) is 5.03. The van der Waals surface area contributed by atoms with Crippen molar-refractivity contribution in [1.82, 2.24) is 4.31 Å². The fraction of sp³-hybridized carbons (Fsp3) is 0.294. The minimum atomic E-state index is -3.52. The van der Waals surface area contributed by atoms with Gasteiger partial charge in [0.25, 0.3) is 5.91 Å². The second-order valence-corrected chi connectivity index (χ2v) is 8.70. The average Bonchev–Trinajstić information content (AvgIpc) is 3.27. The van der Waals surface area contributed by atoms with Crippen molar-refractivity contribution in [2.45, 2.75) is 24.7 Å². The van der Waals surface area contributed by atoms with E-state index in [1.807, 2.05) is 0 Å². The average molecular weight is 378 g/mol. The zero-order chi connectivity index (χ0) is 18.0. The Labute approximate surface area is 150 Å². The Bertz CT molecular complexity index is 912. The van der Waals surface area contributed by atoms with Gasteiger partial charge in [-0.05, 0) is 38.0 Å². The number of hydrogen-bond acceptors (Lipinski definition) is 5. The van der Waals surface area contributed by atoms with Gasteiger partial charge >= 0.3 is 0 Å². The monoisotopic (exact) mass is 378 g/mol. The summed E-state index contributed by atoms with van der Waals surface area (Å²) in [6.45, 7) is 2.50. The molecule has 1 fully saturated rings. The molecule has 1 amide bonds. The molecule has 6 nitrogen and oxygen atoms in total. The molecular formula is C17H18N2O4S2. The molecule has 0 radical (unpaired) electrons. The molecule has 0 saturated carbocycles. The van der Waals surface area contributed by atoms with Crippen molar-refractivity contribution < 1.29 is 18.0 Å². The first-order valence-electron chi connectivity index (χ1n) is 7.89. The minimum absolute atomic E-state index is 0.0915. The van der Waals surface area contributed by atoms with Crippen LogP contribution in [0.15, 0.2) is 40.6 Å². The number of thiophene rings is 1. The lowest BCUT2D eigenvalue weighted by atomic mass is 10.1. The van der Waals surface area contributed by atoms with Gasteiger partial charge in [0.05, 0.1) is 9.77 Å². The van der Waals surface area contributed by atoms with Gasteiger partial charge in [0.1, 0.15) is 0 Å². The number of carbonyl (C=O) groups excluding carboxylic acids is 2. The van der Waals surface area contributed by atoms with Crippen LogP contribution in [0.1, 0.15) is 39.8 Å². The maximum absolute atomic E-state index is 12.5. The van der Waals surface area contributed by atoms with Crippen LogP contribution in [-0.4, -0.2) is 37.5 Å². The van der Waals surface area contributed by atoms with Crippen LogP contribution in [0.25, 0.3) is 0 Å². The van der Waals surface area contributed by atoms with Crippen LogP contribution in [0, 0.1) is 0 Å². The van der Waals surface area contributed by atoms with Crippen LogP contribution in [0.2, 0.25) is 0 Å². The molecule has 1 aliphatic heterocycles. The van der Waals surface area contributed by atoms with Crippen molar-refractivity contribution in [1.29, 1.82) is 0 Å². The maximum Gasteiger partial charge on any atom is 0.265 e. The molecule has 0 unspecified atom stereocenters. The molecule has 2 aromatic rings. The van der Waals surface area contributed by atoms with E-state index in [2.05, 4.69) is 5.32 Å². The highest BCUT2D eigenvalue weighted by Gasteiger charge is 2.28. The highest BCUT2D eigenvalue weighted by atomic mass is 32.2. The Morgan fingerprint density at radius 3 is 2.56 bits per heavy atom. The Morgan fingerprint density at radius 1 is 1.16 bits per heavy atom. The van der Waals surface area contributed by atoms with Crippen molar-refractivity contribution >= 4 is 38.7 Å². The Hall–Kier alpha value is -2.03. The molecule has 1 aromatic heterocycles. The number of amides is 1. The normalized spacial score (nSPS) is 15.2. The Morgan fingerprint density at radius 2 is 1.88 bits per heavy atom. The van der Waals surface area contributed by atoms with E-state index in [4.69, 9.17) is 0 Å². The van der Waals surface area contributed by atoms with E-state index >= 15 is 0 Å². The lowest BCUT2D eigenvalue weighted by Crippen LogP contribution is -2.27. The van der Waals surface area contributed by atoms with Gasteiger partial charge in [-0.15, -0.1) is 11.3 Å². The SMILES string of the molecule is CC(=O)c1cccc(NC(=O)c2cc(S(=O)(=O)N3CCCC3)cs2)c1. The third-order valence-corrected chi connectivity index (χ3v) is 6.98. The zero-order valence-corrected chi connectivity index (χ0v) is 15.3. The third kappa shape index (κ3) is 3.81. The van der Waals surface area contributed by atoms with Gasteiger partial charge < -0.3 is 5.32 Å². The zero-order valence-electron chi connectivity index (χ0n) is 13.7. The van der Waals surface area contributed by atoms with Crippen LogP contribution in [-0.2, 0) is 10.0 Å². The summed E-state index contributed by atoms with van der Waals surface area (Å²) in [7, 11) is -3.52. The van der Waals surface area contributed by atoms with Gasteiger partial charge in [0.15, 0.2) is 5.78 Å². The van der Waals surface area contributed by atoms with Crippen molar-refractivity contribution in [2.75, 3.05) is 18.4 Å². The number of carbonyl (C=O) groups is 2. The predicted octanol–water partition coefficient (Wildman–Crippen LogP) is 2.99. The molecule has 8 heteroatoms. The molecule has 1 aliphatic rings. The standard InChI is InChI=1S/C17H18N2O4S2/c1-12(20)13-5-4-6-14(9-13)18-17(21)16-10-15(11-24-16)25(22,23)19-7-2-3-8-19/h4-6,9-11H,2-3,7-8H2,1H3,(H,18,21). The number of sulfonamides is 1. The predicted molar refractivity (Wildman–Crippen MR) is 96.7 cm³/mol. The number of anilines is 1. The van der Waals surface area contributed by atoms with Gasteiger partial charge in [-0.2, -0.15) is 4.31 Å². The summed E-state index contributed by atoms with van der Waals surface area (Å²) in [5, 5.41) is 4.19. The second-order valence-electron chi connectivity index (χ2n) is 5.85. The number of ketones is 1. The molecular weight excluding hydrogens is 360 g/mol. The van der Waals surface area contributed by atoms with Crippen molar-refractivity contribution in [3.8, 4) is 0 Å². The highest BCUT2D eigenvalue weighted by Crippen LogP contribution is 2.26. The molecule has 0 bridgehead atoms. The largest absolute Gasteiger partial charge is 0.321 e. The molecule has 3 rings (SSSR count). The van der Waals surface area contributed by atoms with E-state index in [-0.39, 0.29) is 10.7 Å². The molecule has 0 aliphatic carbocycles. The van der Waals surface area contributed by atoms with Crippen LogP contribution in [0.5, 0.6) is 0 Å². The molecule has 0 atom stereocenters. The molecule has 1 N–H and O–H groups in total. The van der Waals surface area contributed by atoms with Crippen molar-refractivity contribution in [3.05, 3.63) is 46.2 Å². The molecule has 2 heterocycles. The number of Topliss-reactive ketones (excluding diaryl/α,β-unsaturated/α-hetero) is 1. The summed E-state index contributed by atoms with van der Waals surface area (Å²) >= 11 is 1.09. The quantitative estimate of drug-likeness (QED) is 0.811. The summed E-state index contributed by atoms with van der Waals surface area (Å²) in [4.78, 5) is 24.2. The van der Waals surface area contributed by atoms with Gasteiger partial charge in [-0.3, -0.25) is 9.59 Å². The minimum Gasteiger partial charge on any atom is -0.321 e. The van der Waals surface area contributed by atoms with E-state index in [9.17, 15) is 18.0 Å². The first-order valence-corrected chi connectivity index (χ1v) is 10.2. The van der Waals surface area contributed by atoms with Gasteiger partial charge in [-0.1, -0.05) is 12.1 Å². The second kappa shape index (κ2) is 7.07. The topological polar surface area (TPSA) is 83.5 Å². The van der Waals surface area contributed by atoms with Crippen LogP contribution in [0.4, 0.5) is 5.69 Å². The summed E-state index contributed by atoms with van der Waals surface area (Å²) in [5.74, 6) is -0.486. The van der Waals surface area contributed by atoms with E-state index in [1.54, 1.807) is 24.3 Å². The van der Waals surface area contributed by atoms with Crippen molar-refractivity contribution in [2.24, 2.45) is 0 Å². The fourth-order valence-electron chi connectivity index (χ4n) is 2.66. The number of nitrogens with one attached hydrogen (secondary N) is 1. The van der Waals surface area contributed by atoms with Crippen LogP contribution < -0.4 is 5.32 Å². The van der Waals surface area contributed by atoms with Crippen LogP contribution in [0.3, 0.4) is 0 Å². The first-order chi connectivity index (χ1) is 11.9. The molecule has 1 aromatic carbocycles. The lowest BCUT2D eigenvalue weighted by Gasteiger charge is -2.13. The molecule has 1 saturated heterocycles. The fourth-order valence-corrected chi connectivity index (χ4v) is 5.33. The third-order valence-electron chi connectivity index (χ3n) is 4.03. The van der Waals surface area contributed by atoms with Gasteiger partial charge in [-0.25, -0.2) is 8.42 Å². The summed E-state index contributed by atoms with van der Waals surface area (Å²) < 4.78 is 26.5. The summed E-state index contributed by atoms with van der Waals surface area (Å²) in [6.07, 6.45) is 1.73. The number of nitrogens with zero attached hydrogens (tertiary/aromatic N) is 1. The smallest absolute Gasteiger partial charge is 0.265 e. The van der Waals surface area contributed by atoms with E-state index in [0.29, 0.717) is 29.2 Å². The van der Waals surface area contributed by atoms with E-state index in [0.717, 1.165) is 24.2 Å². The van der Waals surface area contributed by atoms with E-state index in [1.165, 1.54) is 22.7 Å². The number of benzene rings is 1. The molecule has 25 heavy (non-hydrogen) atoms. The summed E-state index contributed by atoms with van der Waals surface area (Å²) in [6, 6.07) is 8.03. The molecule has 132 valence electrons. The summed E-state index contributed by atoms with van der Waals surface area (Å²) in [5.41, 5.74) is 0.997. The number of rotatable bonds is 5. The molecule has 0 spiro atoms. The van der Waals surface area contributed by atoms with Gasteiger partial charge in [0, 0.05) is 29.7 Å². The number of hydrogen-bond donors (Lipinski definition) is 1. The van der Waals surface area contributed by atoms with Gasteiger partial charge in [0.2, 0.25) is 10.0 Å². The Balaban J connectivity index is 1.77. The first kappa shape index (κ1) is 17.8. The highest BCUT2D eigenvalue weighted by molar-refractivity contribution is 7.89. The van der Waals surface area contributed by atoms with Crippen molar-refractivity contribution in [3.63, 3.8) is 0 Å². The maximum atomic E-state index is 12.5. The van der Waals surface area contributed by atoms with E-state index < -0.39 is 15.9 Å². The van der Waals surface area contributed by atoms with Crippen LogP contribution >= 0.6 is 11.3 Å².